The lowest BCUT2D eigenvalue weighted by molar-refractivity contribution is -0.0586. The number of fused-ring (bicyclic) bond motifs is 4. The Labute approximate surface area is 260 Å². The number of anilines is 2. The Balaban J connectivity index is 1.14. The molecule has 6 heterocycles. The number of aliphatic hydroxyl groups excluding tert-OH is 1. The molecule has 8 rings (SSSR count). The number of nitrogens with zero attached hydrogens (tertiary/aromatic N) is 7. The zero-order valence-corrected chi connectivity index (χ0v) is 25.8. The Kier molecular flexibility index (Phi) is 6.74. The van der Waals surface area contributed by atoms with Crippen LogP contribution in [0.25, 0.3) is 22.3 Å². The normalized spacial score (nSPS) is 41.0. The van der Waals surface area contributed by atoms with Gasteiger partial charge < -0.3 is 30.8 Å². The van der Waals surface area contributed by atoms with Gasteiger partial charge in [-0.1, -0.05) is 12.2 Å². The molecule has 0 amide bonds. The van der Waals surface area contributed by atoms with E-state index in [1.165, 1.54) is 12.7 Å². The maximum absolute atomic E-state index is 15.9. The van der Waals surface area contributed by atoms with Gasteiger partial charge in [-0.2, -0.15) is 4.98 Å². The van der Waals surface area contributed by atoms with E-state index in [4.69, 9.17) is 34.3 Å². The van der Waals surface area contributed by atoms with E-state index in [-0.39, 0.29) is 29.4 Å². The number of hydrogen-bond acceptors (Lipinski definition) is 16. The monoisotopic (exact) mass is 702 g/mol. The van der Waals surface area contributed by atoms with Crippen LogP contribution in [0.15, 0.2) is 23.8 Å². The SMILES string of the molecule is Nc1nc2c(ncn2[C@@H]2O[C@@H]3CO[P@](=O)(S)O[C@H]4[C@@H](O)[C@H](n5cnc6c(N)ncnc65)[C@H]5CC54COP(=O)(O)O[C@@H]2[C@@H]3F)c(=O)[nH]1. The van der Waals surface area contributed by atoms with Crippen molar-refractivity contribution in [3.05, 3.63) is 29.3 Å². The summed E-state index contributed by atoms with van der Waals surface area (Å²) in [5.41, 5.74) is 10.0. The van der Waals surface area contributed by atoms with Crippen LogP contribution < -0.4 is 17.0 Å². The van der Waals surface area contributed by atoms with Gasteiger partial charge in [0.05, 0.1) is 31.9 Å². The van der Waals surface area contributed by atoms with Gasteiger partial charge in [-0.25, -0.2) is 33.5 Å². The molecule has 246 valence electrons. The number of aromatic amines is 1. The number of nitrogen functional groups attached to an aromatic ring is 2. The van der Waals surface area contributed by atoms with Gasteiger partial charge in [0.25, 0.3) is 5.56 Å². The molecule has 24 heteroatoms. The van der Waals surface area contributed by atoms with E-state index in [0.29, 0.717) is 11.2 Å². The number of hydrogen-bond donors (Lipinski definition) is 6. The molecule has 1 spiro atoms. The van der Waals surface area contributed by atoms with Crippen molar-refractivity contribution in [2.24, 2.45) is 11.3 Å². The lowest BCUT2D eigenvalue weighted by Gasteiger charge is -2.30. The molecule has 4 aromatic heterocycles. The number of nitrogens with two attached hydrogens (primary N) is 2. The third-order valence-corrected chi connectivity index (χ3v) is 11.5. The van der Waals surface area contributed by atoms with Gasteiger partial charge in [-0.05, 0) is 12.3 Å². The van der Waals surface area contributed by atoms with Crippen molar-refractivity contribution < 1.29 is 46.4 Å². The Morgan fingerprint density at radius 2 is 1.85 bits per heavy atom. The molecule has 11 atom stereocenters. The fourth-order valence-corrected chi connectivity index (χ4v) is 9.30. The molecule has 4 aromatic rings. The van der Waals surface area contributed by atoms with Crippen LogP contribution in [0.1, 0.15) is 18.7 Å². The van der Waals surface area contributed by atoms with E-state index >= 15 is 4.39 Å². The van der Waals surface area contributed by atoms with Crippen LogP contribution in [0.4, 0.5) is 16.2 Å². The first kappa shape index (κ1) is 30.3. The van der Waals surface area contributed by atoms with Crippen LogP contribution in [0.2, 0.25) is 0 Å². The van der Waals surface area contributed by atoms with Gasteiger partial charge in [0.2, 0.25) is 5.95 Å². The number of phosphoric ester groups is 1. The molecule has 20 nitrogen and oxygen atoms in total. The minimum atomic E-state index is -5.09. The fourth-order valence-electron chi connectivity index (χ4n) is 6.78. The third kappa shape index (κ3) is 4.62. The van der Waals surface area contributed by atoms with Crippen LogP contribution in [-0.2, 0) is 32.0 Å². The summed E-state index contributed by atoms with van der Waals surface area (Å²) < 4.78 is 73.3. The van der Waals surface area contributed by atoms with Crippen LogP contribution >= 0.6 is 26.9 Å². The lowest BCUT2D eigenvalue weighted by Crippen LogP contribution is -2.37. The molecule has 0 radical (unpaired) electrons. The van der Waals surface area contributed by atoms with Crippen LogP contribution in [-0.4, -0.2) is 92.8 Å². The van der Waals surface area contributed by atoms with Crippen molar-refractivity contribution in [2.75, 3.05) is 24.7 Å². The quantitative estimate of drug-likeness (QED) is 0.120. The molecule has 4 aliphatic rings. The standard InChI is InChI=1S/C22H25FN10O10P2S/c23-9-8-2-39-45(38,46)43-15-13(34)12(32-5-28-10-16(24)26-4-27-17(10)32)7-1-22(7,15)3-40-44(36,37)42-14(9)20(41-8)33-6-29-11-18(33)30-21(25)31-19(11)35/h4-9,12-15,20,34H,1-3H2,(H,36,37)(H,38,46)(H2,24,26,27)(H3,25,30,31,35)/t7-,8-,9-,12-,13+,14-,15+,20-,22?,45+/m1/s1. The Bertz CT molecular complexity index is 2050. The van der Waals surface area contributed by atoms with Gasteiger partial charge in [0.15, 0.2) is 35.0 Å². The average Bonchev–Trinajstić information content (AvgIpc) is 3.26. The summed E-state index contributed by atoms with van der Waals surface area (Å²) in [6.07, 6.45) is -5.73. The second-order valence-electron chi connectivity index (χ2n) is 11.5. The van der Waals surface area contributed by atoms with E-state index in [1.807, 2.05) is 0 Å². The lowest BCUT2D eigenvalue weighted by atomic mass is 10.0. The number of nitrogens with one attached hydrogen (secondary N) is 1. The summed E-state index contributed by atoms with van der Waals surface area (Å²) in [4.78, 5) is 45.8. The Morgan fingerprint density at radius 1 is 1.09 bits per heavy atom. The molecule has 2 saturated heterocycles. The van der Waals surface area contributed by atoms with Crippen molar-refractivity contribution in [2.45, 2.75) is 49.3 Å². The molecular weight excluding hydrogens is 677 g/mol. The Morgan fingerprint density at radius 3 is 2.65 bits per heavy atom. The minimum absolute atomic E-state index is 0.117. The molecule has 2 aliphatic heterocycles. The van der Waals surface area contributed by atoms with E-state index in [9.17, 15) is 23.9 Å². The molecule has 2 aliphatic carbocycles. The van der Waals surface area contributed by atoms with E-state index < -0.39 is 87.6 Å². The van der Waals surface area contributed by atoms with Gasteiger partial charge in [0.1, 0.15) is 36.3 Å². The predicted octanol–water partition coefficient (Wildman–Crippen LogP) is 0.237. The molecule has 2 saturated carbocycles. The topological polar surface area (TPSA) is 280 Å². The van der Waals surface area contributed by atoms with Crippen LogP contribution in [0.5, 0.6) is 0 Å². The first-order chi connectivity index (χ1) is 21.8. The molecule has 46 heavy (non-hydrogen) atoms. The van der Waals surface area contributed by atoms with Gasteiger partial charge >= 0.3 is 14.6 Å². The maximum Gasteiger partial charge on any atom is 0.472 e. The average molecular weight is 703 g/mol. The molecule has 0 aromatic carbocycles. The zero-order valence-electron chi connectivity index (χ0n) is 23.1. The number of phosphoric acid groups is 1. The number of halogens is 1. The second kappa shape index (κ2) is 10.2. The summed E-state index contributed by atoms with van der Waals surface area (Å²) in [6.45, 7) is -5.62. The molecular formula is C22H25FN10O10P2S. The van der Waals surface area contributed by atoms with Gasteiger partial charge in [0, 0.05) is 5.41 Å². The number of imidazole rings is 2. The van der Waals surface area contributed by atoms with E-state index in [0.717, 1.165) is 10.9 Å². The van der Waals surface area contributed by atoms with Crippen molar-refractivity contribution >= 4 is 61.0 Å². The minimum Gasteiger partial charge on any atom is -0.388 e. The smallest absolute Gasteiger partial charge is 0.388 e. The van der Waals surface area contributed by atoms with E-state index in [1.54, 1.807) is 4.57 Å². The highest BCUT2D eigenvalue weighted by Crippen LogP contribution is 2.73. The van der Waals surface area contributed by atoms with Gasteiger partial charge in [-0.3, -0.25) is 32.4 Å². The summed E-state index contributed by atoms with van der Waals surface area (Å²) in [5, 5.41) is 11.5. The highest BCUT2D eigenvalue weighted by molar-refractivity contribution is 8.44. The number of aromatic nitrogens is 8. The first-order valence-corrected chi connectivity index (χ1v) is 17.9. The largest absolute Gasteiger partial charge is 0.472 e. The summed E-state index contributed by atoms with van der Waals surface area (Å²) in [6, 6.07) is -0.773. The highest BCUT2D eigenvalue weighted by Gasteiger charge is 2.74. The number of ether oxygens (including phenoxy) is 1. The third-order valence-electron chi connectivity index (χ3n) is 8.91. The van der Waals surface area contributed by atoms with Crippen molar-refractivity contribution in [3.8, 4) is 0 Å². The van der Waals surface area contributed by atoms with Crippen LogP contribution in [0.3, 0.4) is 0 Å². The fraction of sp³-hybridized carbons (Fsp3) is 0.545. The number of H-pyrrole nitrogens is 1. The molecule has 2 bridgehead atoms. The zero-order chi connectivity index (χ0) is 32.3. The second-order valence-corrected chi connectivity index (χ2v) is 15.8. The highest BCUT2D eigenvalue weighted by atomic mass is 32.7. The first-order valence-electron chi connectivity index (χ1n) is 13.7. The summed E-state index contributed by atoms with van der Waals surface area (Å²) in [7, 11) is -5.09. The number of thiol groups is 1. The Hall–Kier alpha value is -3.04. The predicted molar refractivity (Wildman–Crippen MR) is 155 cm³/mol. The number of alkyl halides is 1. The maximum atomic E-state index is 15.9. The van der Waals surface area contributed by atoms with Crippen molar-refractivity contribution in [1.82, 2.24) is 39.0 Å². The number of rotatable bonds is 2. The van der Waals surface area contributed by atoms with Crippen LogP contribution in [0, 0.1) is 11.3 Å². The molecule has 7 N–H and O–H groups in total. The number of aliphatic hydroxyl groups is 1. The van der Waals surface area contributed by atoms with Crippen molar-refractivity contribution in [1.29, 1.82) is 0 Å². The summed E-state index contributed by atoms with van der Waals surface area (Å²) >= 11 is 4.08. The van der Waals surface area contributed by atoms with Gasteiger partial charge in [-0.15, -0.1) is 0 Å². The molecule has 4 fully saturated rings. The summed E-state index contributed by atoms with van der Waals surface area (Å²) in [5.74, 6) is -0.623. The molecule has 2 unspecified atom stereocenters. The van der Waals surface area contributed by atoms with Crippen molar-refractivity contribution in [3.63, 3.8) is 0 Å². The van der Waals surface area contributed by atoms with E-state index in [2.05, 4.69) is 42.2 Å².